The Kier molecular flexibility index (Phi) is 4.87. The molecule has 0 bridgehead atoms. The molecule has 1 saturated heterocycles. The van der Waals surface area contributed by atoms with Gasteiger partial charge in [-0.25, -0.2) is 23.1 Å². The molecule has 1 amide bonds. The minimum atomic E-state index is -1.06. The molecule has 0 N–H and O–H groups in total. The van der Waals surface area contributed by atoms with Crippen LogP contribution in [0.3, 0.4) is 0 Å². The normalized spacial score (nSPS) is 14.7. The summed E-state index contributed by atoms with van der Waals surface area (Å²) in [6, 6.07) is 3.08. The fourth-order valence-electron chi connectivity index (χ4n) is 2.80. The number of hydrogen-bond donors (Lipinski definition) is 0. The van der Waals surface area contributed by atoms with Crippen molar-refractivity contribution in [3.8, 4) is 0 Å². The molecule has 25 heavy (non-hydrogen) atoms. The molecule has 0 saturated carbocycles. The van der Waals surface area contributed by atoms with E-state index in [2.05, 4.69) is 9.97 Å². The topological polar surface area (TPSA) is 49.3 Å². The lowest BCUT2D eigenvalue weighted by molar-refractivity contribution is 0.0745. The molecule has 5 nitrogen and oxygen atoms in total. The first-order valence-corrected chi connectivity index (χ1v) is 8.00. The maximum atomic E-state index is 14.3. The van der Waals surface area contributed by atoms with Crippen molar-refractivity contribution in [2.75, 3.05) is 31.1 Å². The van der Waals surface area contributed by atoms with E-state index in [0.29, 0.717) is 38.3 Å². The number of anilines is 1. The molecule has 0 unspecified atom stereocenters. The molecule has 1 aromatic heterocycles. The highest BCUT2D eigenvalue weighted by Crippen LogP contribution is 2.20. The maximum Gasteiger partial charge on any atom is 0.254 e. The summed E-state index contributed by atoms with van der Waals surface area (Å²) in [7, 11) is 0. The van der Waals surface area contributed by atoms with E-state index in [1.165, 1.54) is 17.3 Å². The van der Waals surface area contributed by atoms with Crippen molar-refractivity contribution in [1.82, 2.24) is 14.9 Å². The summed E-state index contributed by atoms with van der Waals surface area (Å²) in [5.74, 6) is -2.64. The summed E-state index contributed by atoms with van der Waals surface area (Å²) in [4.78, 5) is 23.6. The van der Waals surface area contributed by atoms with Crippen molar-refractivity contribution in [3.63, 3.8) is 0 Å². The van der Waals surface area contributed by atoms with Gasteiger partial charge in [-0.2, -0.15) is 0 Å². The predicted octanol–water partition coefficient (Wildman–Crippen LogP) is 2.42. The van der Waals surface area contributed by atoms with Crippen LogP contribution in [0.5, 0.6) is 0 Å². The molecule has 1 aliphatic heterocycles. The molecule has 1 aromatic carbocycles. The summed E-state index contributed by atoms with van der Waals surface area (Å²) in [5.41, 5.74) is 0.444. The summed E-state index contributed by atoms with van der Waals surface area (Å²) in [6.07, 6.45) is 1.80. The van der Waals surface area contributed by atoms with Crippen LogP contribution in [0.1, 0.15) is 23.0 Å². The Hall–Kier alpha value is -2.64. The zero-order valence-electron chi connectivity index (χ0n) is 13.7. The van der Waals surface area contributed by atoms with Crippen LogP contribution in [0, 0.1) is 17.5 Å². The van der Waals surface area contributed by atoms with Gasteiger partial charge in [-0.15, -0.1) is 0 Å². The number of rotatable bonds is 3. The number of hydrogen-bond acceptors (Lipinski definition) is 4. The highest BCUT2D eigenvalue weighted by Gasteiger charge is 2.25. The molecule has 0 spiro atoms. The van der Waals surface area contributed by atoms with Crippen molar-refractivity contribution in [2.45, 2.75) is 13.3 Å². The average molecular weight is 350 g/mol. The average Bonchev–Trinajstić information content (AvgIpc) is 2.64. The van der Waals surface area contributed by atoms with Crippen molar-refractivity contribution in [3.05, 3.63) is 53.2 Å². The standard InChI is InChI=1S/C17H17F3N4O/c1-2-14-15(20)16(22-10-21-14)23-5-7-24(8-6-23)17(25)11-3-4-12(18)13(19)9-11/h3-4,9-10H,2,5-8H2,1H3. The molecule has 1 fully saturated rings. The Morgan fingerprint density at radius 2 is 1.80 bits per heavy atom. The van der Waals surface area contributed by atoms with E-state index < -0.39 is 17.5 Å². The van der Waals surface area contributed by atoms with Crippen LogP contribution in [-0.2, 0) is 6.42 Å². The van der Waals surface area contributed by atoms with Crippen LogP contribution in [0.4, 0.5) is 19.0 Å². The number of aryl methyl sites for hydroxylation is 1. The number of carbonyl (C=O) groups is 1. The fourth-order valence-corrected chi connectivity index (χ4v) is 2.80. The third kappa shape index (κ3) is 3.42. The zero-order chi connectivity index (χ0) is 18.0. The third-order valence-electron chi connectivity index (χ3n) is 4.21. The molecule has 8 heteroatoms. The highest BCUT2D eigenvalue weighted by molar-refractivity contribution is 5.94. The second-order valence-corrected chi connectivity index (χ2v) is 5.72. The van der Waals surface area contributed by atoms with Gasteiger partial charge in [0.25, 0.3) is 5.91 Å². The number of carbonyl (C=O) groups excluding carboxylic acids is 1. The van der Waals surface area contributed by atoms with Crippen molar-refractivity contribution in [1.29, 1.82) is 0 Å². The van der Waals surface area contributed by atoms with E-state index in [1.807, 2.05) is 6.92 Å². The molecule has 2 aromatic rings. The first kappa shape index (κ1) is 17.2. The molecular formula is C17H17F3N4O. The van der Waals surface area contributed by atoms with Crippen LogP contribution in [0.25, 0.3) is 0 Å². The van der Waals surface area contributed by atoms with E-state index in [1.54, 1.807) is 4.90 Å². The minimum absolute atomic E-state index is 0.0915. The molecule has 0 radical (unpaired) electrons. The van der Waals surface area contributed by atoms with Gasteiger partial charge in [0.1, 0.15) is 6.33 Å². The van der Waals surface area contributed by atoms with Gasteiger partial charge in [0.05, 0.1) is 5.69 Å². The summed E-state index contributed by atoms with van der Waals surface area (Å²) in [5, 5.41) is 0. The fraction of sp³-hybridized carbons (Fsp3) is 0.353. The first-order chi connectivity index (χ1) is 12.0. The second-order valence-electron chi connectivity index (χ2n) is 5.72. The minimum Gasteiger partial charge on any atom is -0.351 e. The summed E-state index contributed by atoms with van der Waals surface area (Å²) in [6.45, 7) is 3.28. The Balaban J connectivity index is 1.69. The number of benzene rings is 1. The van der Waals surface area contributed by atoms with E-state index in [4.69, 9.17) is 0 Å². The summed E-state index contributed by atoms with van der Waals surface area (Å²) < 4.78 is 40.6. The van der Waals surface area contributed by atoms with Gasteiger partial charge >= 0.3 is 0 Å². The van der Waals surface area contributed by atoms with Gasteiger partial charge in [-0.05, 0) is 24.6 Å². The SMILES string of the molecule is CCc1ncnc(N2CCN(C(=O)c3ccc(F)c(F)c3)CC2)c1F. The maximum absolute atomic E-state index is 14.3. The number of piperazine rings is 1. The van der Waals surface area contributed by atoms with Crippen LogP contribution in [0.15, 0.2) is 24.5 Å². The monoisotopic (exact) mass is 350 g/mol. The number of amides is 1. The van der Waals surface area contributed by atoms with Gasteiger partial charge in [-0.3, -0.25) is 4.79 Å². The largest absolute Gasteiger partial charge is 0.351 e. The van der Waals surface area contributed by atoms with Crippen molar-refractivity contribution in [2.24, 2.45) is 0 Å². The molecule has 2 heterocycles. The Morgan fingerprint density at radius 1 is 1.08 bits per heavy atom. The van der Waals surface area contributed by atoms with Crippen LogP contribution in [0.2, 0.25) is 0 Å². The lowest BCUT2D eigenvalue weighted by Gasteiger charge is -2.35. The lowest BCUT2D eigenvalue weighted by atomic mass is 10.1. The Morgan fingerprint density at radius 3 is 2.44 bits per heavy atom. The number of halogens is 3. The van der Waals surface area contributed by atoms with Crippen LogP contribution >= 0.6 is 0 Å². The van der Waals surface area contributed by atoms with Gasteiger partial charge in [-0.1, -0.05) is 6.92 Å². The van der Waals surface area contributed by atoms with E-state index >= 15 is 0 Å². The highest BCUT2D eigenvalue weighted by atomic mass is 19.2. The molecule has 3 rings (SSSR count). The third-order valence-corrected chi connectivity index (χ3v) is 4.21. The van der Waals surface area contributed by atoms with E-state index in [0.717, 1.165) is 12.1 Å². The Labute approximate surface area is 143 Å². The Bertz CT molecular complexity index is 791. The van der Waals surface area contributed by atoms with Crippen LogP contribution in [-0.4, -0.2) is 47.0 Å². The van der Waals surface area contributed by atoms with Gasteiger partial charge in [0, 0.05) is 31.7 Å². The second kappa shape index (κ2) is 7.08. The summed E-state index contributed by atoms with van der Waals surface area (Å²) >= 11 is 0. The molecule has 1 aliphatic rings. The van der Waals surface area contributed by atoms with E-state index in [-0.39, 0.29) is 17.3 Å². The molecule has 132 valence electrons. The van der Waals surface area contributed by atoms with Crippen LogP contribution < -0.4 is 4.90 Å². The van der Waals surface area contributed by atoms with Crippen molar-refractivity contribution >= 4 is 11.7 Å². The number of aromatic nitrogens is 2. The zero-order valence-corrected chi connectivity index (χ0v) is 13.7. The van der Waals surface area contributed by atoms with Gasteiger partial charge in [0.15, 0.2) is 23.3 Å². The predicted molar refractivity (Wildman–Crippen MR) is 85.8 cm³/mol. The molecular weight excluding hydrogens is 333 g/mol. The lowest BCUT2D eigenvalue weighted by Crippen LogP contribution is -2.49. The van der Waals surface area contributed by atoms with Gasteiger partial charge in [0.2, 0.25) is 0 Å². The molecule has 0 atom stereocenters. The van der Waals surface area contributed by atoms with E-state index in [9.17, 15) is 18.0 Å². The van der Waals surface area contributed by atoms with Crippen molar-refractivity contribution < 1.29 is 18.0 Å². The smallest absolute Gasteiger partial charge is 0.254 e. The first-order valence-electron chi connectivity index (χ1n) is 8.00. The van der Waals surface area contributed by atoms with Gasteiger partial charge < -0.3 is 9.80 Å². The molecule has 0 aliphatic carbocycles. The number of nitrogens with zero attached hydrogens (tertiary/aromatic N) is 4. The quantitative estimate of drug-likeness (QED) is 0.853.